The maximum absolute atomic E-state index is 12.2. The highest BCUT2D eigenvalue weighted by Gasteiger charge is 2.15. The van der Waals surface area contributed by atoms with Gasteiger partial charge in [0.1, 0.15) is 5.58 Å². The van der Waals surface area contributed by atoms with Gasteiger partial charge in [-0.3, -0.25) is 9.59 Å². The predicted octanol–water partition coefficient (Wildman–Crippen LogP) is 3.34. The monoisotopic (exact) mass is 242 g/mol. The highest BCUT2D eigenvalue weighted by Crippen LogP contribution is 2.21. The first-order valence-electron chi connectivity index (χ1n) is 5.76. The van der Waals surface area contributed by atoms with Crippen molar-refractivity contribution in [1.82, 2.24) is 0 Å². The molecule has 3 nitrogen and oxygen atoms in total. The van der Waals surface area contributed by atoms with Gasteiger partial charge in [-0.05, 0) is 19.9 Å². The SMILES string of the molecule is C/C=C\c1cccc2c(=O)c(C)c(C(C)=O)oc12. The fourth-order valence-electron chi connectivity index (χ4n) is 1.98. The van der Waals surface area contributed by atoms with Gasteiger partial charge in [-0.15, -0.1) is 0 Å². The number of allylic oxidation sites excluding steroid dienone is 1. The van der Waals surface area contributed by atoms with Gasteiger partial charge in [0.2, 0.25) is 0 Å². The van der Waals surface area contributed by atoms with Crippen LogP contribution in [0.3, 0.4) is 0 Å². The van der Waals surface area contributed by atoms with Crippen molar-refractivity contribution in [1.29, 1.82) is 0 Å². The van der Waals surface area contributed by atoms with Gasteiger partial charge in [0.05, 0.1) is 5.39 Å². The number of ketones is 1. The second-order valence-corrected chi connectivity index (χ2v) is 4.17. The second-order valence-electron chi connectivity index (χ2n) is 4.17. The fraction of sp³-hybridized carbons (Fsp3) is 0.200. The summed E-state index contributed by atoms with van der Waals surface area (Å²) in [7, 11) is 0. The van der Waals surface area contributed by atoms with Crippen molar-refractivity contribution in [2.45, 2.75) is 20.8 Å². The molecule has 0 aliphatic carbocycles. The number of para-hydroxylation sites is 1. The number of carbonyl (C=O) groups is 1. The smallest absolute Gasteiger partial charge is 0.196 e. The number of benzene rings is 1. The zero-order chi connectivity index (χ0) is 13.3. The van der Waals surface area contributed by atoms with Crippen LogP contribution < -0.4 is 5.43 Å². The zero-order valence-electron chi connectivity index (χ0n) is 10.6. The summed E-state index contributed by atoms with van der Waals surface area (Å²) in [4.78, 5) is 23.7. The largest absolute Gasteiger partial charge is 0.452 e. The van der Waals surface area contributed by atoms with E-state index in [0.717, 1.165) is 5.56 Å². The van der Waals surface area contributed by atoms with Crippen molar-refractivity contribution in [3.63, 3.8) is 0 Å². The molecule has 3 heteroatoms. The van der Waals surface area contributed by atoms with Crippen LogP contribution in [0.5, 0.6) is 0 Å². The van der Waals surface area contributed by atoms with Crippen LogP contribution in [0.4, 0.5) is 0 Å². The molecule has 0 aliphatic heterocycles. The van der Waals surface area contributed by atoms with Crippen LogP contribution in [0.25, 0.3) is 17.0 Å². The van der Waals surface area contributed by atoms with Crippen molar-refractivity contribution in [2.75, 3.05) is 0 Å². The molecule has 1 aromatic carbocycles. The minimum atomic E-state index is -0.234. The number of carbonyl (C=O) groups excluding carboxylic acids is 1. The lowest BCUT2D eigenvalue weighted by Crippen LogP contribution is -2.11. The summed E-state index contributed by atoms with van der Waals surface area (Å²) >= 11 is 0. The molecule has 2 rings (SSSR count). The van der Waals surface area contributed by atoms with E-state index in [2.05, 4.69) is 0 Å². The lowest BCUT2D eigenvalue weighted by atomic mass is 10.1. The average Bonchev–Trinajstić information content (AvgIpc) is 2.34. The molecule has 1 heterocycles. The maximum Gasteiger partial charge on any atom is 0.196 e. The third kappa shape index (κ3) is 1.88. The van der Waals surface area contributed by atoms with E-state index >= 15 is 0 Å². The number of rotatable bonds is 2. The quantitative estimate of drug-likeness (QED) is 0.759. The van der Waals surface area contributed by atoms with Crippen molar-refractivity contribution in [2.24, 2.45) is 0 Å². The molecule has 18 heavy (non-hydrogen) atoms. The summed E-state index contributed by atoms with van der Waals surface area (Å²) in [5.74, 6) is -0.0914. The van der Waals surface area contributed by atoms with Crippen LogP contribution in [0.2, 0.25) is 0 Å². The van der Waals surface area contributed by atoms with Crippen LogP contribution in [-0.2, 0) is 0 Å². The molecule has 0 spiro atoms. The first kappa shape index (κ1) is 12.3. The van der Waals surface area contributed by atoms with Gasteiger partial charge in [0, 0.05) is 18.1 Å². The molecule has 0 amide bonds. The van der Waals surface area contributed by atoms with Crippen LogP contribution in [0, 0.1) is 6.92 Å². The Balaban J connectivity index is 2.96. The van der Waals surface area contributed by atoms with Crippen LogP contribution in [0.15, 0.2) is 33.5 Å². The van der Waals surface area contributed by atoms with E-state index < -0.39 is 0 Å². The number of fused-ring (bicyclic) bond motifs is 1. The molecular formula is C15H14O3. The van der Waals surface area contributed by atoms with E-state index in [1.807, 2.05) is 31.2 Å². The third-order valence-corrected chi connectivity index (χ3v) is 2.84. The molecule has 0 fully saturated rings. The standard InChI is InChI=1S/C15H14O3/c1-4-6-11-7-5-8-12-13(17)9(2)14(10(3)16)18-15(11)12/h4-8H,1-3H3/b6-4-. The number of Topliss-reactive ketones (excluding diaryl/α,β-unsaturated/α-hetero) is 1. The van der Waals surface area contributed by atoms with Crippen molar-refractivity contribution < 1.29 is 9.21 Å². The third-order valence-electron chi connectivity index (χ3n) is 2.84. The topological polar surface area (TPSA) is 47.3 Å². The van der Waals surface area contributed by atoms with E-state index in [0.29, 0.717) is 16.5 Å². The maximum atomic E-state index is 12.2. The van der Waals surface area contributed by atoms with Crippen molar-refractivity contribution in [3.8, 4) is 0 Å². The van der Waals surface area contributed by atoms with Crippen molar-refractivity contribution in [3.05, 3.63) is 51.4 Å². The summed E-state index contributed by atoms with van der Waals surface area (Å²) in [5.41, 5.74) is 1.49. The zero-order valence-corrected chi connectivity index (χ0v) is 10.6. The Morgan fingerprint density at radius 1 is 1.33 bits per heavy atom. The molecule has 1 aromatic heterocycles. The van der Waals surface area contributed by atoms with Crippen LogP contribution in [0.1, 0.15) is 35.5 Å². The molecule has 0 saturated carbocycles. The van der Waals surface area contributed by atoms with Crippen molar-refractivity contribution >= 4 is 22.8 Å². The van der Waals surface area contributed by atoms with Gasteiger partial charge in [-0.2, -0.15) is 0 Å². The normalized spacial score (nSPS) is 11.3. The van der Waals surface area contributed by atoms with Gasteiger partial charge in [-0.1, -0.05) is 24.3 Å². The molecule has 2 aromatic rings. The molecular weight excluding hydrogens is 228 g/mol. The van der Waals surface area contributed by atoms with E-state index in [1.54, 1.807) is 13.0 Å². The van der Waals surface area contributed by atoms with Crippen LogP contribution >= 0.6 is 0 Å². The Bertz CT molecular complexity index is 705. The second kappa shape index (κ2) is 4.61. The lowest BCUT2D eigenvalue weighted by molar-refractivity contribution is 0.0987. The molecule has 0 saturated heterocycles. The molecule has 0 bridgehead atoms. The van der Waals surface area contributed by atoms with Gasteiger partial charge in [0.15, 0.2) is 17.0 Å². The lowest BCUT2D eigenvalue weighted by Gasteiger charge is -2.06. The number of hydrogen-bond donors (Lipinski definition) is 0. The number of hydrogen-bond acceptors (Lipinski definition) is 3. The summed E-state index contributed by atoms with van der Waals surface area (Å²) in [6, 6.07) is 5.37. The molecule has 92 valence electrons. The first-order valence-corrected chi connectivity index (χ1v) is 5.76. The summed E-state index contributed by atoms with van der Waals surface area (Å²) in [6.07, 6.45) is 3.71. The Morgan fingerprint density at radius 2 is 2.06 bits per heavy atom. The predicted molar refractivity (Wildman–Crippen MR) is 71.9 cm³/mol. The highest BCUT2D eigenvalue weighted by atomic mass is 16.3. The van der Waals surface area contributed by atoms with Gasteiger partial charge in [-0.25, -0.2) is 0 Å². The molecule has 0 unspecified atom stereocenters. The van der Waals surface area contributed by atoms with E-state index in [4.69, 9.17) is 4.42 Å². The Morgan fingerprint density at radius 3 is 2.67 bits per heavy atom. The molecule has 0 N–H and O–H groups in total. The van der Waals surface area contributed by atoms with Gasteiger partial charge in [0.25, 0.3) is 0 Å². The molecule has 0 radical (unpaired) electrons. The van der Waals surface area contributed by atoms with E-state index in [1.165, 1.54) is 6.92 Å². The average molecular weight is 242 g/mol. The Labute approximate surface area is 105 Å². The molecule has 0 atom stereocenters. The highest BCUT2D eigenvalue weighted by molar-refractivity contribution is 5.95. The van der Waals surface area contributed by atoms with Gasteiger partial charge < -0.3 is 4.42 Å². The van der Waals surface area contributed by atoms with E-state index in [-0.39, 0.29) is 17.0 Å². The minimum absolute atomic E-state index is 0.143. The Kier molecular flexibility index (Phi) is 3.15. The fourth-order valence-corrected chi connectivity index (χ4v) is 1.98. The summed E-state index contributed by atoms with van der Waals surface area (Å²) in [6.45, 7) is 4.90. The first-order chi connectivity index (χ1) is 8.56. The van der Waals surface area contributed by atoms with Crippen LogP contribution in [-0.4, -0.2) is 5.78 Å². The van der Waals surface area contributed by atoms with E-state index in [9.17, 15) is 9.59 Å². The summed E-state index contributed by atoms with van der Waals surface area (Å²) < 4.78 is 5.62. The molecule has 0 aliphatic rings. The summed E-state index contributed by atoms with van der Waals surface area (Å²) in [5, 5.41) is 0.508. The minimum Gasteiger partial charge on any atom is -0.452 e. The van der Waals surface area contributed by atoms with Gasteiger partial charge >= 0.3 is 0 Å². The Hall–Kier alpha value is -2.16.